The second-order valence-corrected chi connectivity index (χ2v) is 14.0. The lowest BCUT2D eigenvalue weighted by atomic mass is 10.1. The van der Waals surface area contributed by atoms with Gasteiger partial charge >= 0.3 is 11.9 Å². The molecule has 0 heterocycles. The van der Waals surface area contributed by atoms with Crippen molar-refractivity contribution in [1.82, 2.24) is 0 Å². The molecule has 0 spiro atoms. The van der Waals surface area contributed by atoms with Crippen molar-refractivity contribution in [3.8, 4) is 0 Å². The van der Waals surface area contributed by atoms with E-state index in [1.807, 2.05) is 0 Å². The first-order valence-electron chi connectivity index (χ1n) is 22.2. The van der Waals surface area contributed by atoms with Gasteiger partial charge < -0.3 is 14.6 Å². The Kier molecular flexibility index (Phi) is 43.2. The Morgan fingerprint density at radius 2 is 0.772 bits per heavy atom. The van der Waals surface area contributed by atoms with Crippen LogP contribution in [0.4, 0.5) is 0 Å². The molecule has 57 heavy (non-hydrogen) atoms. The number of carbonyl (C=O) groups excluding carboxylic acids is 2. The highest BCUT2D eigenvalue weighted by atomic mass is 16.6. The fourth-order valence-electron chi connectivity index (χ4n) is 5.33. The largest absolute Gasteiger partial charge is 0.462 e. The minimum Gasteiger partial charge on any atom is -0.462 e. The van der Waals surface area contributed by atoms with Crippen LogP contribution in [-0.2, 0) is 19.1 Å². The zero-order chi connectivity index (χ0) is 41.4. The zero-order valence-electron chi connectivity index (χ0n) is 36.0. The van der Waals surface area contributed by atoms with Gasteiger partial charge in [0.25, 0.3) is 0 Å². The molecule has 0 saturated carbocycles. The van der Waals surface area contributed by atoms with Crippen LogP contribution in [0.1, 0.15) is 162 Å². The quantitative estimate of drug-likeness (QED) is 0.0383. The molecule has 0 aliphatic heterocycles. The minimum atomic E-state index is -0.818. The number of esters is 2. The first-order valence-corrected chi connectivity index (χ1v) is 22.2. The molecule has 0 aromatic rings. The highest BCUT2D eigenvalue weighted by Crippen LogP contribution is 2.10. The molecular formula is C52H80O5. The smallest absolute Gasteiger partial charge is 0.306 e. The summed E-state index contributed by atoms with van der Waals surface area (Å²) < 4.78 is 10.6. The molecule has 0 saturated heterocycles. The van der Waals surface area contributed by atoms with Crippen LogP contribution in [0.2, 0.25) is 0 Å². The Labute approximate surface area is 349 Å². The molecule has 5 heteroatoms. The summed E-state index contributed by atoms with van der Waals surface area (Å²) >= 11 is 0. The van der Waals surface area contributed by atoms with Crippen LogP contribution in [0.3, 0.4) is 0 Å². The van der Waals surface area contributed by atoms with E-state index in [9.17, 15) is 14.7 Å². The molecule has 1 atom stereocenters. The topological polar surface area (TPSA) is 72.8 Å². The van der Waals surface area contributed by atoms with Crippen molar-refractivity contribution >= 4 is 11.9 Å². The molecule has 0 bridgehead atoms. The van der Waals surface area contributed by atoms with Gasteiger partial charge in [-0.05, 0) is 103 Å². The number of rotatable bonds is 38. The van der Waals surface area contributed by atoms with Crippen LogP contribution < -0.4 is 0 Å². The first-order chi connectivity index (χ1) is 28.1. The second kappa shape index (κ2) is 46.4. The predicted octanol–water partition coefficient (Wildman–Crippen LogP) is 14.6. The molecule has 1 N–H and O–H groups in total. The van der Waals surface area contributed by atoms with Crippen LogP contribution in [0, 0.1) is 0 Å². The van der Waals surface area contributed by atoms with Gasteiger partial charge in [-0.2, -0.15) is 0 Å². The van der Waals surface area contributed by atoms with Gasteiger partial charge in [-0.15, -0.1) is 0 Å². The fourth-order valence-corrected chi connectivity index (χ4v) is 5.33. The fraction of sp³-hybridized carbons (Fsp3) is 0.538. The number of aliphatic hydroxyl groups is 1. The Morgan fingerprint density at radius 1 is 0.421 bits per heavy atom. The Hall–Kier alpha value is -3.96. The predicted molar refractivity (Wildman–Crippen MR) is 246 cm³/mol. The van der Waals surface area contributed by atoms with Crippen molar-refractivity contribution in [1.29, 1.82) is 0 Å². The molecule has 0 amide bonds. The van der Waals surface area contributed by atoms with Gasteiger partial charge in [0.15, 0.2) is 6.10 Å². The van der Waals surface area contributed by atoms with Gasteiger partial charge in [0.05, 0.1) is 6.61 Å². The number of hydrogen-bond acceptors (Lipinski definition) is 5. The molecule has 0 rings (SSSR count). The third-order valence-corrected chi connectivity index (χ3v) is 8.68. The van der Waals surface area contributed by atoms with E-state index in [1.165, 1.54) is 25.7 Å². The summed E-state index contributed by atoms with van der Waals surface area (Å²) in [6.45, 7) is 3.90. The number of unbranched alkanes of at least 4 members (excludes halogenated alkanes) is 8. The zero-order valence-corrected chi connectivity index (χ0v) is 36.0. The highest BCUT2D eigenvalue weighted by Gasteiger charge is 2.15. The SMILES string of the molecule is CC/C=C\C/C=C\C/C=C\C/C=C\C/C=C\C/C=C\C/C=C\C/C=C\C/C=C\CCCC(=O)OC(CO)COC(=O)CCCCCCC/C=C\C/C=C\CCCC. The third kappa shape index (κ3) is 44.6. The van der Waals surface area contributed by atoms with Crippen LogP contribution in [0.25, 0.3) is 0 Å². The summed E-state index contributed by atoms with van der Waals surface area (Å²) in [4.78, 5) is 24.3. The monoisotopic (exact) mass is 785 g/mol. The molecular weight excluding hydrogens is 705 g/mol. The van der Waals surface area contributed by atoms with Crippen LogP contribution in [0.15, 0.2) is 134 Å². The van der Waals surface area contributed by atoms with E-state index in [0.29, 0.717) is 12.8 Å². The van der Waals surface area contributed by atoms with Crippen molar-refractivity contribution < 1.29 is 24.2 Å². The van der Waals surface area contributed by atoms with Crippen molar-refractivity contribution in [3.63, 3.8) is 0 Å². The highest BCUT2D eigenvalue weighted by molar-refractivity contribution is 5.70. The van der Waals surface area contributed by atoms with E-state index < -0.39 is 6.10 Å². The van der Waals surface area contributed by atoms with Crippen LogP contribution in [0.5, 0.6) is 0 Å². The van der Waals surface area contributed by atoms with Crippen molar-refractivity contribution in [2.24, 2.45) is 0 Å². The van der Waals surface area contributed by atoms with Gasteiger partial charge in [0.2, 0.25) is 0 Å². The van der Waals surface area contributed by atoms with E-state index in [1.54, 1.807) is 0 Å². The van der Waals surface area contributed by atoms with Gasteiger partial charge in [-0.3, -0.25) is 9.59 Å². The van der Waals surface area contributed by atoms with Gasteiger partial charge in [0.1, 0.15) is 6.61 Å². The molecule has 0 radical (unpaired) electrons. The maximum atomic E-state index is 12.2. The molecule has 1 unspecified atom stereocenters. The molecule has 0 aromatic carbocycles. The van der Waals surface area contributed by atoms with Crippen LogP contribution in [-0.4, -0.2) is 36.4 Å². The number of carbonyl (C=O) groups is 2. The van der Waals surface area contributed by atoms with Crippen LogP contribution >= 0.6 is 0 Å². The van der Waals surface area contributed by atoms with Gasteiger partial charge in [-0.1, -0.05) is 180 Å². The molecule has 318 valence electrons. The van der Waals surface area contributed by atoms with Crippen molar-refractivity contribution in [2.45, 2.75) is 168 Å². The summed E-state index contributed by atoms with van der Waals surface area (Å²) in [6, 6.07) is 0. The van der Waals surface area contributed by atoms with E-state index in [-0.39, 0.29) is 31.6 Å². The number of ether oxygens (including phenoxy) is 2. The van der Waals surface area contributed by atoms with E-state index >= 15 is 0 Å². The average molecular weight is 785 g/mol. The molecule has 0 aliphatic carbocycles. The Balaban J connectivity index is 3.76. The summed E-state index contributed by atoms with van der Waals surface area (Å²) in [7, 11) is 0. The lowest BCUT2D eigenvalue weighted by molar-refractivity contribution is -0.161. The first kappa shape index (κ1) is 53.0. The molecule has 0 fully saturated rings. The van der Waals surface area contributed by atoms with E-state index in [2.05, 4.69) is 148 Å². The Morgan fingerprint density at radius 3 is 1.19 bits per heavy atom. The number of aliphatic hydroxyl groups excluding tert-OH is 1. The van der Waals surface area contributed by atoms with Crippen molar-refractivity contribution in [2.75, 3.05) is 13.2 Å². The summed E-state index contributed by atoms with van der Waals surface area (Å²) in [6.07, 6.45) is 69.5. The summed E-state index contributed by atoms with van der Waals surface area (Å²) in [5, 5.41) is 9.57. The second-order valence-electron chi connectivity index (χ2n) is 14.0. The van der Waals surface area contributed by atoms with Crippen molar-refractivity contribution in [3.05, 3.63) is 134 Å². The van der Waals surface area contributed by atoms with Gasteiger partial charge in [-0.25, -0.2) is 0 Å². The van der Waals surface area contributed by atoms with E-state index in [4.69, 9.17) is 9.47 Å². The maximum absolute atomic E-state index is 12.2. The normalized spacial score (nSPS) is 13.5. The third-order valence-electron chi connectivity index (χ3n) is 8.68. The molecule has 5 nitrogen and oxygen atoms in total. The summed E-state index contributed by atoms with van der Waals surface area (Å²) in [5.41, 5.74) is 0. The minimum absolute atomic E-state index is 0.106. The lowest BCUT2D eigenvalue weighted by Crippen LogP contribution is -2.28. The molecule has 0 aliphatic rings. The average Bonchev–Trinajstić information content (AvgIpc) is 3.21. The molecule has 0 aromatic heterocycles. The standard InChI is InChI=1S/C52H80O5/c1-3-5-7-9-11-13-15-17-19-20-21-22-23-24-25-26-27-28-29-30-31-32-33-35-37-39-41-43-45-47-52(55)57-50(48-53)49-56-51(54)46-44-42-40-38-36-34-18-16-14-12-10-8-6-4-2/h5,7,10-13,16-19,21-22,24-25,27-28,30-31,33,35,39,41,50,53H,3-4,6,8-9,14-15,20,23,26,29,32,34,36-38,40,42-49H2,1-2H3/b7-5-,12-10-,13-11-,18-16-,19-17-,22-21-,25-24-,28-27-,31-30-,35-33-,41-39-. The lowest BCUT2D eigenvalue weighted by Gasteiger charge is -2.15. The Bertz CT molecular complexity index is 1250. The van der Waals surface area contributed by atoms with E-state index in [0.717, 1.165) is 103 Å². The maximum Gasteiger partial charge on any atom is 0.306 e. The number of hydrogen-bond donors (Lipinski definition) is 1. The number of allylic oxidation sites excluding steroid dienone is 22. The summed E-state index contributed by atoms with van der Waals surface area (Å²) in [5.74, 6) is -0.692. The van der Waals surface area contributed by atoms with Gasteiger partial charge in [0, 0.05) is 12.8 Å².